The fourth-order valence-electron chi connectivity index (χ4n) is 3.21. The maximum absolute atomic E-state index is 10.9. The normalized spacial score (nSPS) is 29.3. The third-order valence-corrected chi connectivity index (χ3v) is 4.51. The molecule has 0 aromatic heterocycles. The molecule has 2 atom stereocenters. The van der Waals surface area contributed by atoms with Gasteiger partial charge in [0.05, 0.1) is 5.60 Å². The fourth-order valence-corrected chi connectivity index (χ4v) is 3.21. The lowest BCUT2D eigenvalue weighted by atomic mass is 9.72. The van der Waals surface area contributed by atoms with Gasteiger partial charge in [-0.25, -0.2) is 0 Å². The first-order valence-electron chi connectivity index (χ1n) is 6.86. The van der Waals surface area contributed by atoms with Crippen molar-refractivity contribution in [2.75, 3.05) is 0 Å². The summed E-state index contributed by atoms with van der Waals surface area (Å²) < 4.78 is 0. The van der Waals surface area contributed by atoms with Crippen LogP contribution in [0.15, 0.2) is 18.2 Å². The predicted molar refractivity (Wildman–Crippen MR) is 72.1 cm³/mol. The summed E-state index contributed by atoms with van der Waals surface area (Å²) in [7, 11) is 0. The lowest BCUT2D eigenvalue weighted by Crippen LogP contribution is -2.33. The summed E-state index contributed by atoms with van der Waals surface area (Å²) in [5.41, 5.74) is 3.15. The van der Waals surface area contributed by atoms with E-state index in [2.05, 4.69) is 39.0 Å². The zero-order valence-electron chi connectivity index (χ0n) is 11.3. The van der Waals surface area contributed by atoms with Gasteiger partial charge in [-0.05, 0) is 55.7 Å². The molecular formula is C16H24O. The molecule has 0 bridgehead atoms. The number of benzene rings is 1. The highest BCUT2D eigenvalue weighted by Gasteiger charge is 2.36. The molecule has 1 aromatic rings. The number of aliphatic hydroxyl groups is 1. The Hall–Kier alpha value is -0.820. The van der Waals surface area contributed by atoms with Crippen LogP contribution in [0.25, 0.3) is 0 Å². The van der Waals surface area contributed by atoms with Gasteiger partial charge in [0.15, 0.2) is 0 Å². The van der Waals surface area contributed by atoms with Crippen molar-refractivity contribution in [1.82, 2.24) is 0 Å². The molecule has 2 unspecified atom stereocenters. The third-order valence-electron chi connectivity index (χ3n) is 4.51. The minimum atomic E-state index is -0.574. The molecule has 2 rings (SSSR count). The molecule has 1 saturated carbocycles. The number of rotatable bonds is 2. The monoisotopic (exact) mass is 232 g/mol. The van der Waals surface area contributed by atoms with Gasteiger partial charge in [-0.15, -0.1) is 0 Å². The van der Waals surface area contributed by atoms with E-state index in [4.69, 9.17) is 0 Å². The Kier molecular flexibility index (Phi) is 3.58. The van der Waals surface area contributed by atoms with E-state index in [-0.39, 0.29) is 0 Å². The van der Waals surface area contributed by atoms with Gasteiger partial charge in [-0.2, -0.15) is 0 Å². The average molecular weight is 232 g/mol. The van der Waals surface area contributed by atoms with E-state index in [1.165, 1.54) is 24.0 Å². The Labute approximate surface area is 105 Å². The predicted octanol–water partition coefficient (Wildman–Crippen LogP) is 4.09. The fraction of sp³-hybridized carbons (Fsp3) is 0.625. The number of hydrogen-bond donors (Lipinski definition) is 1. The highest BCUT2D eigenvalue weighted by atomic mass is 16.3. The molecule has 0 spiro atoms. The number of hydrogen-bond acceptors (Lipinski definition) is 1. The van der Waals surface area contributed by atoms with Gasteiger partial charge in [-0.3, -0.25) is 0 Å². The second-order valence-electron chi connectivity index (χ2n) is 5.65. The van der Waals surface area contributed by atoms with Crippen LogP contribution in [-0.4, -0.2) is 5.11 Å². The van der Waals surface area contributed by atoms with Gasteiger partial charge in [0.25, 0.3) is 0 Å². The topological polar surface area (TPSA) is 20.2 Å². The number of aryl methyl sites for hydroxylation is 1. The van der Waals surface area contributed by atoms with Crippen LogP contribution in [0.2, 0.25) is 0 Å². The van der Waals surface area contributed by atoms with Crippen LogP contribution >= 0.6 is 0 Å². The molecule has 17 heavy (non-hydrogen) atoms. The van der Waals surface area contributed by atoms with Crippen molar-refractivity contribution in [3.63, 3.8) is 0 Å². The molecule has 94 valence electrons. The van der Waals surface area contributed by atoms with Crippen LogP contribution in [0.4, 0.5) is 0 Å². The van der Waals surface area contributed by atoms with E-state index in [0.717, 1.165) is 24.8 Å². The molecule has 0 radical (unpaired) electrons. The van der Waals surface area contributed by atoms with Crippen LogP contribution in [-0.2, 0) is 5.60 Å². The van der Waals surface area contributed by atoms with Gasteiger partial charge in [0.2, 0.25) is 0 Å². The van der Waals surface area contributed by atoms with Crippen LogP contribution in [0, 0.1) is 19.8 Å². The molecule has 1 fully saturated rings. The van der Waals surface area contributed by atoms with Crippen LogP contribution < -0.4 is 0 Å². The molecule has 0 amide bonds. The second kappa shape index (κ2) is 4.81. The first kappa shape index (κ1) is 12.6. The maximum atomic E-state index is 10.9. The SMILES string of the molecule is CCC1CCCC(O)(c2cccc(C)c2C)C1. The van der Waals surface area contributed by atoms with E-state index >= 15 is 0 Å². The van der Waals surface area contributed by atoms with Crippen molar-refractivity contribution in [1.29, 1.82) is 0 Å². The van der Waals surface area contributed by atoms with Crippen molar-refractivity contribution in [3.05, 3.63) is 34.9 Å². The molecule has 1 N–H and O–H groups in total. The lowest BCUT2D eigenvalue weighted by molar-refractivity contribution is -0.0222. The summed E-state index contributed by atoms with van der Waals surface area (Å²) in [5.74, 6) is 0.689. The van der Waals surface area contributed by atoms with Gasteiger partial charge in [0.1, 0.15) is 0 Å². The van der Waals surface area contributed by atoms with Crippen LogP contribution in [0.5, 0.6) is 0 Å². The van der Waals surface area contributed by atoms with Gasteiger partial charge < -0.3 is 5.11 Å². The molecule has 1 nitrogen and oxygen atoms in total. The largest absolute Gasteiger partial charge is 0.385 e. The van der Waals surface area contributed by atoms with Crippen molar-refractivity contribution in [3.8, 4) is 0 Å². The quantitative estimate of drug-likeness (QED) is 0.814. The van der Waals surface area contributed by atoms with E-state index in [9.17, 15) is 5.11 Å². The Morgan fingerprint density at radius 1 is 1.35 bits per heavy atom. The molecule has 0 aliphatic heterocycles. The van der Waals surface area contributed by atoms with E-state index in [1.807, 2.05) is 0 Å². The lowest BCUT2D eigenvalue weighted by Gasteiger charge is -2.38. The van der Waals surface area contributed by atoms with Crippen molar-refractivity contribution in [2.24, 2.45) is 5.92 Å². The third kappa shape index (κ3) is 2.40. The summed E-state index contributed by atoms with van der Waals surface area (Å²) in [6.07, 6.45) is 5.49. The zero-order chi connectivity index (χ0) is 12.5. The highest BCUT2D eigenvalue weighted by molar-refractivity contribution is 5.37. The molecule has 0 saturated heterocycles. The van der Waals surface area contributed by atoms with E-state index < -0.39 is 5.60 Å². The molecule has 0 heterocycles. The molecule has 1 heteroatoms. The van der Waals surface area contributed by atoms with Crippen LogP contribution in [0.3, 0.4) is 0 Å². The Balaban J connectivity index is 2.33. The first-order chi connectivity index (χ1) is 8.07. The minimum Gasteiger partial charge on any atom is -0.385 e. The van der Waals surface area contributed by atoms with E-state index in [1.54, 1.807) is 0 Å². The van der Waals surface area contributed by atoms with Crippen molar-refractivity contribution in [2.45, 2.75) is 58.5 Å². The molecule has 1 aliphatic rings. The highest BCUT2D eigenvalue weighted by Crippen LogP contribution is 2.42. The van der Waals surface area contributed by atoms with Gasteiger partial charge in [0, 0.05) is 0 Å². The molecule has 1 aliphatic carbocycles. The first-order valence-corrected chi connectivity index (χ1v) is 6.86. The second-order valence-corrected chi connectivity index (χ2v) is 5.65. The van der Waals surface area contributed by atoms with Gasteiger partial charge >= 0.3 is 0 Å². The average Bonchev–Trinajstić information content (AvgIpc) is 2.32. The Bertz CT molecular complexity index is 397. The standard InChI is InChI=1S/C16H24O/c1-4-14-8-6-10-16(17,11-14)15-9-5-7-12(2)13(15)3/h5,7,9,14,17H,4,6,8,10-11H2,1-3H3. The Morgan fingerprint density at radius 2 is 2.12 bits per heavy atom. The van der Waals surface area contributed by atoms with Crippen molar-refractivity contribution < 1.29 is 5.11 Å². The molecular weight excluding hydrogens is 208 g/mol. The van der Waals surface area contributed by atoms with Gasteiger partial charge in [-0.1, -0.05) is 38.0 Å². The zero-order valence-corrected chi connectivity index (χ0v) is 11.3. The van der Waals surface area contributed by atoms with Crippen LogP contribution in [0.1, 0.15) is 55.7 Å². The van der Waals surface area contributed by atoms with E-state index in [0.29, 0.717) is 5.92 Å². The van der Waals surface area contributed by atoms with Crippen molar-refractivity contribution >= 4 is 0 Å². The molecule has 1 aromatic carbocycles. The minimum absolute atomic E-state index is 0.574. The smallest absolute Gasteiger partial charge is 0.0901 e. The maximum Gasteiger partial charge on any atom is 0.0901 e. The summed E-state index contributed by atoms with van der Waals surface area (Å²) in [4.78, 5) is 0. The summed E-state index contributed by atoms with van der Waals surface area (Å²) in [6.45, 7) is 6.50. The summed E-state index contributed by atoms with van der Waals surface area (Å²) >= 11 is 0. The summed E-state index contributed by atoms with van der Waals surface area (Å²) in [6, 6.07) is 6.31. The Morgan fingerprint density at radius 3 is 2.82 bits per heavy atom. The summed E-state index contributed by atoms with van der Waals surface area (Å²) in [5, 5.41) is 10.9.